The maximum atomic E-state index is 14.1. The average molecular weight is 466 g/mol. The molecule has 174 valence electrons. The zero-order valence-electron chi connectivity index (χ0n) is 18.2. The van der Waals surface area contributed by atoms with Crippen LogP contribution in [0.3, 0.4) is 0 Å². The fourth-order valence-electron chi connectivity index (χ4n) is 3.68. The molecule has 4 aromatic rings. The number of benzene rings is 2. The molecule has 2 aromatic carbocycles. The third-order valence-electron chi connectivity index (χ3n) is 5.27. The number of nitrogens with zero attached hydrogens (tertiary/aromatic N) is 2. The maximum Gasteiger partial charge on any atom is 0.417 e. The second-order valence-electron chi connectivity index (χ2n) is 7.59. The lowest BCUT2D eigenvalue weighted by atomic mass is 10.1. The third-order valence-corrected chi connectivity index (χ3v) is 5.27. The van der Waals surface area contributed by atoms with Crippen molar-refractivity contribution in [1.29, 1.82) is 0 Å². The van der Waals surface area contributed by atoms with Crippen LogP contribution in [0.2, 0.25) is 0 Å². The van der Waals surface area contributed by atoms with Crippen molar-refractivity contribution in [2.75, 3.05) is 12.4 Å². The Balaban J connectivity index is 2.03. The van der Waals surface area contributed by atoms with Gasteiger partial charge in [0.1, 0.15) is 5.82 Å². The van der Waals surface area contributed by atoms with Crippen molar-refractivity contribution in [3.63, 3.8) is 0 Å². The van der Waals surface area contributed by atoms with Gasteiger partial charge in [-0.15, -0.1) is 0 Å². The molecule has 34 heavy (non-hydrogen) atoms. The van der Waals surface area contributed by atoms with Gasteiger partial charge in [-0.2, -0.15) is 13.2 Å². The number of alkyl halides is 3. The molecular weight excluding hydrogens is 445 g/mol. The molecule has 0 fully saturated rings. The lowest BCUT2D eigenvalue weighted by Crippen LogP contribution is -2.21. The van der Waals surface area contributed by atoms with Crippen LogP contribution in [0.15, 0.2) is 77.6 Å². The first kappa shape index (κ1) is 23.0. The van der Waals surface area contributed by atoms with Gasteiger partial charge in [-0.3, -0.25) is 14.2 Å². The van der Waals surface area contributed by atoms with Gasteiger partial charge in [0.15, 0.2) is 11.1 Å². The molecule has 0 aliphatic heterocycles. The number of rotatable bonds is 6. The largest absolute Gasteiger partial charge is 0.417 e. The first-order valence-corrected chi connectivity index (χ1v) is 10.5. The number of carbonyl (C=O) groups excluding carboxylic acids is 1. The molecule has 0 aliphatic rings. The molecule has 0 bridgehead atoms. The summed E-state index contributed by atoms with van der Waals surface area (Å²) < 4.78 is 43.6. The number of aryl methyl sites for hydroxylation is 1. The minimum atomic E-state index is -4.79. The van der Waals surface area contributed by atoms with Crippen LogP contribution in [0.5, 0.6) is 0 Å². The van der Waals surface area contributed by atoms with Crippen LogP contribution in [0.1, 0.15) is 17.7 Å². The van der Waals surface area contributed by atoms with Crippen molar-refractivity contribution in [3.8, 4) is 5.69 Å². The molecule has 0 unspecified atom stereocenters. The average Bonchev–Trinajstić information content (AvgIpc) is 2.82. The van der Waals surface area contributed by atoms with Crippen LogP contribution < -0.4 is 16.1 Å². The lowest BCUT2D eigenvalue weighted by Gasteiger charge is -2.20. The molecule has 2 N–H and O–H groups in total. The number of fused-ring (bicyclic) bond motifs is 1. The molecule has 2 aromatic heterocycles. The minimum Gasteiger partial charge on any atom is -0.359 e. The molecule has 1 amide bonds. The van der Waals surface area contributed by atoms with Crippen LogP contribution in [0.25, 0.3) is 16.7 Å². The summed E-state index contributed by atoms with van der Waals surface area (Å²) in [4.78, 5) is 29.1. The van der Waals surface area contributed by atoms with Crippen molar-refractivity contribution in [2.24, 2.45) is 0 Å². The van der Waals surface area contributed by atoms with Gasteiger partial charge in [0.2, 0.25) is 5.91 Å². The maximum absolute atomic E-state index is 14.1. The normalized spacial score (nSPS) is 11.4. The van der Waals surface area contributed by atoms with Crippen LogP contribution in [0.4, 0.5) is 24.7 Å². The number of nitrogens with one attached hydrogen (secondary N) is 2. The Kier molecular flexibility index (Phi) is 6.36. The Morgan fingerprint density at radius 3 is 2.26 bits per heavy atom. The van der Waals surface area contributed by atoms with Crippen LogP contribution in [-0.2, 0) is 17.4 Å². The highest BCUT2D eigenvalue weighted by Gasteiger charge is 2.35. The van der Waals surface area contributed by atoms with E-state index in [9.17, 15) is 22.8 Å². The van der Waals surface area contributed by atoms with Crippen molar-refractivity contribution in [2.45, 2.75) is 19.0 Å². The van der Waals surface area contributed by atoms with Crippen molar-refractivity contribution < 1.29 is 18.0 Å². The highest BCUT2D eigenvalue weighted by atomic mass is 19.4. The fourth-order valence-corrected chi connectivity index (χ4v) is 3.68. The number of hydrogen-bond acceptors (Lipinski definition) is 4. The Labute approximate surface area is 193 Å². The van der Waals surface area contributed by atoms with Crippen molar-refractivity contribution >= 4 is 28.4 Å². The molecule has 2 heterocycles. The summed E-state index contributed by atoms with van der Waals surface area (Å²) in [6, 6.07) is 19.7. The van der Waals surface area contributed by atoms with Gasteiger partial charge in [-0.05, 0) is 36.8 Å². The van der Waals surface area contributed by atoms with E-state index < -0.39 is 22.6 Å². The number of aromatic nitrogens is 2. The van der Waals surface area contributed by atoms with E-state index in [0.717, 1.165) is 12.1 Å². The lowest BCUT2D eigenvalue weighted by molar-refractivity contribution is -0.136. The number of para-hydroxylation sites is 2. The molecule has 0 atom stereocenters. The number of amides is 1. The summed E-state index contributed by atoms with van der Waals surface area (Å²) in [5.41, 5.74) is -0.792. The molecule has 0 spiro atoms. The van der Waals surface area contributed by atoms with E-state index in [1.807, 2.05) is 6.07 Å². The van der Waals surface area contributed by atoms with Crippen LogP contribution >= 0.6 is 0 Å². The second-order valence-corrected chi connectivity index (χ2v) is 7.59. The van der Waals surface area contributed by atoms with Gasteiger partial charge in [0, 0.05) is 36.6 Å². The Bertz CT molecular complexity index is 1380. The highest BCUT2D eigenvalue weighted by Crippen LogP contribution is 2.35. The van der Waals surface area contributed by atoms with Gasteiger partial charge in [-0.25, -0.2) is 4.98 Å². The molecule has 9 heteroatoms. The Morgan fingerprint density at radius 1 is 1.00 bits per heavy atom. The zero-order valence-corrected chi connectivity index (χ0v) is 18.2. The van der Waals surface area contributed by atoms with Crippen LogP contribution in [0, 0.1) is 0 Å². The van der Waals surface area contributed by atoms with Gasteiger partial charge < -0.3 is 10.6 Å². The molecule has 0 radical (unpaired) electrons. The SMILES string of the molecule is CNC(=O)CCc1cc(C(F)(F)F)c2c(=O)cc(Nc3ccccc3)n(-c3ccccc3)c2n1. The monoisotopic (exact) mass is 466 g/mol. The molecule has 6 nitrogen and oxygen atoms in total. The van der Waals surface area contributed by atoms with Crippen LogP contribution in [-0.4, -0.2) is 22.5 Å². The zero-order chi connectivity index (χ0) is 24.3. The number of pyridine rings is 2. The predicted molar refractivity (Wildman–Crippen MR) is 124 cm³/mol. The molecular formula is C25H21F3N4O2. The summed E-state index contributed by atoms with van der Waals surface area (Å²) in [5.74, 6) is -0.0608. The van der Waals surface area contributed by atoms with Crippen molar-refractivity contribution in [3.05, 3.63) is 94.3 Å². The van der Waals surface area contributed by atoms with Gasteiger partial charge in [0.25, 0.3) is 0 Å². The quantitative estimate of drug-likeness (QED) is 0.427. The minimum absolute atomic E-state index is 0.0159. The summed E-state index contributed by atoms with van der Waals surface area (Å²) in [5, 5.41) is 5.04. The Hall–Kier alpha value is -4.14. The molecule has 0 saturated carbocycles. The van der Waals surface area contributed by atoms with E-state index in [-0.39, 0.29) is 35.9 Å². The molecule has 0 aliphatic carbocycles. The smallest absolute Gasteiger partial charge is 0.359 e. The number of hydrogen-bond donors (Lipinski definition) is 2. The highest BCUT2D eigenvalue weighted by molar-refractivity contribution is 5.85. The van der Waals surface area contributed by atoms with Crippen molar-refractivity contribution in [1.82, 2.24) is 14.9 Å². The number of halogens is 3. The van der Waals surface area contributed by atoms with Gasteiger partial charge in [-0.1, -0.05) is 36.4 Å². The van der Waals surface area contributed by atoms with Gasteiger partial charge >= 0.3 is 6.18 Å². The topological polar surface area (TPSA) is 76.0 Å². The fraction of sp³-hybridized carbons (Fsp3) is 0.160. The summed E-state index contributed by atoms with van der Waals surface area (Å²) in [6.45, 7) is 0. The molecule has 0 saturated heterocycles. The standard InChI is InChI=1S/C25H21F3N4O2/c1-29-22(34)13-12-17-14-19(25(26,27)28)23-20(33)15-21(30-16-8-4-2-5-9-16)32(24(23)31-17)18-10-6-3-7-11-18/h2-11,14-15,30H,12-13H2,1H3,(H,29,34). The summed E-state index contributed by atoms with van der Waals surface area (Å²) >= 11 is 0. The predicted octanol–water partition coefficient (Wildman–Crippen LogP) is 4.83. The van der Waals surface area contributed by atoms with E-state index >= 15 is 0 Å². The van der Waals surface area contributed by atoms with E-state index in [2.05, 4.69) is 15.6 Å². The summed E-state index contributed by atoms with van der Waals surface area (Å²) in [6.07, 6.45) is -4.84. The first-order valence-electron chi connectivity index (χ1n) is 10.5. The number of anilines is 2. The summed E-state index contributed by atoms with van der Waals surface area (Å²) in [7, 11) is 1.45. The number of carbonyl (C=O) groups is 1. The van der Waals surface area contributed by atoms with E-state index in [1.165, 1.54) is 11.6 Å². The van der Waals surface area contributed by atoms with Gasteiger partial charge in [0.05, 0.1) is 10.9 Å². The van der Waals surface area contributed by atoms with E-state index in [0.29, 0.717) is 11.4 Å². The van der Waals surface area contributed by atoms with E-state index in [1.54, 1.807) is 54.6 Å². The third kappa shape index (κ3) is 4.78. The Morgan fingerprint density at radius 2 is 1.65 bits per heavy atom. The van der Waals surface area contributed by atoms with E-state index in [4.69, 9.17) is 0 Å². The second kappa shape index (κ2) is 9.38. The molecule has 4 rings (SSSR count). The first-order chi connectivity index (χ1) is 16.3.